The summed E-state index contributed by atoms with van der Waals surface area (Å²) >= 11 is 11.9. The molecule has 0 atom stereocenters. The maximum atomic E-state index is 12.5. The molecule has 0 spiro atoms. The molecule has 1 N–H and O–H groups in total. The Morgan fingerprint density at radius 2 is 1.91 bits per heavy atom. The molecule has 0 aliphatic rings. The van der Waals surface area contributed by atoms with E-state index < -0.39 is 11.3 Å². The number of unbranched alkanes of at least 4 members (excludes halogenated alkanes) is 1. The lowest BCUT2D eigenvalue weighted by Crippen LogP contribution is -2.46. The van der Waals surface area contributed by atoms with E-state index in [4.69, 9.17) is 23.2 Å². The number of nitrogens with one attached hydrogen (secondary N) is 1. The van der Waals surface area contributed by atoms with Crippen molar-refractivity contribution in [3.8, 4) is 0 Å². The van der Waals surface area contributed by atoms with Gasteiger partial charge in [0.25, 0.3) is 0 Å². The molecule has 122 valence electrons. The highest BCUT2D eigenvalue weighted by molar-refractivity contribution is 6.35. The van der Waals surface area contributed by atoms with Crippen LogP contribution < -0.4 is 5.32 Å². The molecule has 0 fully saturated rings. The fraction of sp³-hybridized carbons (Fsp3) is 0.500. The van der Waals surface area contributed by atoms with Gasteiger partial charge in [0, 0.05) is 18.6 Å². The highest BCUT2D eigenvalue weighted by Crippen LogP contribution is 2.28. The monoisotopic (exact) mass is 344 g/mol. The quantitative estimate of drug-likeness (QED) is 0.785. The van der Waals surface area contributed by atoms with Crippen molar-refractivity contribution < 1.29 is 9.59 Å². The molecule has 0 aliphatic carbocycles. The summed E-state index contributed by atoms with van der Waals surface area (Å²) < 4.78 is 0. The van der Waals surface area contributed by atoms with E-state index in [1.165, 1.54) is 0 Å². The Bertz CT molecular complexity index is 559. The second-order valence-electron chi connectivity index (χ2n) is 5.78. The van der Waals surface area contributed by atoms with Gasteiger partial charge < -0.3 is 10.2 Å². The minimum Gasteiger partial charge on any atom is -0.345 e. The Kier molecular flexibility index (Phi) is 6.69. The summed E-state index contributed by atoms with van der Waals surface area (Å²) in [7, 11) is 1.71. The Labute approximate surface area is 141 Å². The van der Waals surface area contributed by atoms with Crippen molar-refractivity contribution in [2.75, 3.05) is 18.9 Å². The number of amides is 2. The van der Waals surface area contributed by atoms with Gasteiger partial charge in [-0.1, -0.05) is 36.5 Å². The molecule has 4 nitrogen and oxygen atoms in total. The van der Waals surface area contributed by atoms with E-state index in [0.717, 1.165) is 12.8 Å². The number of anilines is 1. The number of benzene rings is 1. The zero-order valence-corrected chi connectivity index (χ0v) is 14.9. The summed E-state index contributed by atoms with van der Waals surface area (Å²) in [5.74, 6) is -0.637. The fourth-order valence-electron chi connectivity index (χ4n) is 1.94. The Hall–Kier alpha value is -1.26. The molecule has 1 aromatic carbocycles. The van der Waals surface area contributed by atoms with Gasteiger partial charge in [0.2, 0.25) is 11.8 Å². The third kappa shape index (κ3) is 4.62. The molecule has 2 amide bonds. The topological polar surface area (TPSA) is 49.4 Å². The standard InChI is InChI=1S/C16H22Cl2N2O2/c1-5-6-9-20(4)15(22)16(2,3)14(21)19-13-10-11(17)7-8-12(13)18/h7-8,10H,5-6,9H2,1-4H3,(H,19,21). The summed E-state index contributed by atoms with van der Waals surface area (Å²) in [6, 6.07) is 4.79. The van der Waals surface area contributed by atoms with Crippen molar-refractivity contribution in [1.82, 2.24) is 4.90 Å². The lowest BCUT2D eigenvalue weighted by molar-refractivity contribution is -0.145. The summed E-state index contributed by atoms with van der Waals surface area (Å²) in [6.07, 6.45) is 1.89. The molecular formula is C16H22Cl2N2O2. The van der Waals surface area contributed by atoms with E-state index in [2.05, 4.69) is 12.2 Å². The van der Waals surface area contributed by atoms with Crippen LogP contribution in [0.3, 0.4) is 0 Å². The molecule has 0 aliphatic heterocycles. The van der Waals surface area contributed by atoms with Crippen molar-refractivity contribution in [2.45, 2.75) is 33.6 Å². The average molecular weight is 345 g/mol. The summed E-state index contributed by atoms with van der Waals surface area (Å²) in [5.41, 5.74) is -0.787. The van der Waals surface area contributed by atoms with Crippen LogP contribution in [-0.4, -0.2) is 30.3 Å². The molecule has 1 aromatic rings. The number of rotatable bonds is 6. The Morgan fingerprint density at radius 1 is 1.27 bits per heavy atom. The second kappa shape index (κ2) is 7.84. The van der Waals surface area contributed by atoms with Crippen LogP contribution in [0.25, 0.3) is 0 Å². The van der Waals surface area contributed by atoms with Gasteiger partial charge in [-0.15, -0.1) is 0 Å². The number of carbonyl (C=O) groups excluding carboxylic acids is 2. The maximum Gasteiger partial charge on any atom is 0.239 e. The van der Waals surface area contributed by atoms with Crippen molar-refractivity contribution in [3.05, 3.63) is 28.2 Å². The molecule has 6 heteroatoms. The van der Waals surface area contributed by atoms with Gasteiger partial charge in [-0.3, -0.25) is 9.59 Å². The van der Waals surface area contributed by atoms with E-state index >= 15 is 0 Å². The van der Waals surface area contributed by atoms with E-state index in [-0.39, 0.29) is 5.91 Å². The zero-order valence-electron chi connectivity index (χ0n) is 13.4. The molecule has 0 bridgehead atoms. The molecule has 0 heterocycles. The van der Waals surface area contributed by atoms with Crippen LogP contribution in [-0.2, 0) is 9.59 Å². The fourth-order valence-corrected chi connectivity index (χ4v) is 2.28. The van der Waals surface area contributed by atoms with E-state index in [9.17, 15) is 9.59 Å². The van der Waals surface area contributed by atoms with Crippen LogP contribution in [0.2, 0.25) is 10.0 Å². The SMILES string of the molecule is CCCCN(C)C(=O)C(C)(C)C(=O)Nc1cc(Cl)ccc1Cl. The van der Waals surface area contributed by atoms with E-state index in [1.807, 2.05) is 0 Å². The largest absolute Gasteiger partial charge is 0.345 e. The molecule has 0 saturated carbocycles. The minimum atomic E-state index is -1.19. The summed E-state index contributed by atoms with van der Waals surface area (Å²) in [5, 5.41) is 3.52. The molecule has 0 unspecified atom stereocenters. The molecule has 0 radical (unpaired) electrons. The first-order valence-corrected chi connectivity index (χ1v) is 7.97. The van der Waals surface area contributed by atoms with Crippen molar-refractivity contribution in [1.29, 1.82) is 0 Å². The first-order chi connectivity index (χ1) is 10.2. The first-order valence-electron chi connectivity index (χ1n) is 7.22. The Balaban J connectivity index is 2.85. The third-order valence-electron chi connectivity index (χ3n) is 3.47. The smallest absolute Gasteiger partial charge is 0.239 e. The van der Waals surface area contributed by atoms with E-state index in [0.29, 0.717) is 22.3 Å². The highest BCUT2D eigenvalue weighted by atomic mass is 35.5. The van der Waals surface area contributed by atoms with Crippen molar-refractivity contribution >= 4 is 40.7 Å². The summed E-state index contributed by atoms with van der Waals surface area (Å²) in [4.78, 5) is 26.5. The minimum absolute atomic E-state index is 0.225. The number of hydrogen-bond donors (Lipinski definition) is 1. The average Bonchev–Trinajstić information content (AvgIpc) is 2.47. The first kappa shape index (κ1) is 18.8. The molecule has 1 rings (SSSR count). The lowest BCUT2D eigenvalue weighted by Gasteiger charge is -2.28. The molecule has 0 aromatic heterocycles. The normalized spacial score (nSPS) is 11.2. The number of nitrogens with zero attached hydrogens (tertiary/aromatic N) is 1. The van der Waals surface area contributed by atoms with Gasteiger partial charge in [0.05, 0.1) is 10.7 Å². The van der Waals surface area contributed by atoms with Crippen LogP contribution in [0, 0.1) is 5.41 Å². The van der Waals surface area contributed by atoms with Gasteiger partial charge in [-0.2, -0.15) is 0 Å². The second-order valence-corrected chi connectivity index (χ2v) is 6.63. The predicted octanol–water partition coefficient (Wildman–Crippen LogP) is 4.22. The van der Waals surface area contributed by atoms with Crippen LogP contribution >= 0.6 is 23.2 Å². The van der Waals surface area contributed by atoms with Crippen LogP contribution in [0.15, 0.2) is 18.2 Å². The highest BCUT2D eigenvalue weighted by Gasteiger charge is 2.38. The molecule has 0 saturated heterocycles. The molecular weight excluding hydrogens is 323 g/mol. The van der Waals surface area contributed by atoms with Crippen molar-refractivity contribution in [2.24, 2.45) is 5.41 Å². The summed E-state index contributed by atoms with van der Waals surface area (Å²) in [6.45, 7) is 5.89. The zero-order chi connectivity index (χ0) is 16.9. The van der Waals surface area contributed by atoms with Gasteiger partial charge >= 0.3 is 0 Å². The van der Waals surface area contributed by atoms with E-state index in [1.54, 1.807) is 44.0 Å². The van der Waals surface area contributed by atoms with Gasteiger partial charge in [-0.25, -0.2) is 0 Å². The predicted molar refractivity (Wildman–Crippen MR) is 91.4 cm³/mol. The van der Waals surface area contributed by atoms with Gasteiger partial charge in [-0.05, 0) is 38.5 Å². The number of hydrogen-bond acceptors (Lipinski definition) is 2. The lowest BCUT2D eigenvalue weighted by atomic mass is 9.90. The van der Waals surface area contributed by atoms with Crippen LogP contribution in [0.4, 0.5) is 5.69 Å². The number of halogens is 2. The van der Waals surface area contributed by atoms with Crippen LogP contribution in [0.5, 0.6) is 0 Å². The maximum absolute atomic E-state index is 12.5. The van der Waals surface area contributed by atoms with Crippen LogP contribution in [0.1, 0.15) is 33.6 Å². The van der Waals surface area contributed by atoms with Crippen molar-refractivity contribution in [3.63, 3.8) is 0 Å². The van der Waals surface area contributed by atoms with Gasteiger partial charge in [0.15, 0.2) is 0 Å². The Morgan fingerprint density at radius 3 is 2.50 bits per heavy atom. The number of carbonyl (C=O) groups is 2. The third-order valence-corrected chi connectivity index (χ3v) is 4.04. The molecule has 22 heavy (non-hydrogen) atoms. The van der Waals surface area contributed by atoms with Gasteiger partial charge in [0.1, 0.15) is 5.41 Å².